The molecule has 0 aromatic carbocycles. The van der Waals surface area contributed by atoms with Gasteiger partial charge in [-0.3, -0.25) is 14.6 Å². The van der Waals surface area contributed by atoms with Gasteiger partial charge in [0.05, 0.1) is 0 Å². The summed E-state index contributed by atoms with van der Waals surface area (Å²) in [5.41, 5.74) is 0. The Morgan fingerprint density at radius 3 is 2.25 bits per heavy atom. The van der Waals surface area contributed by atoms with Crippen LogP contribution in [0, 0.1) is 5.92 Å². The van der Waals surface area contributed by atoms with Crippen molar-refractivity contribution in [2.45, 2.75) is 45.6 Å². The molecule has 3 fully saturated rings. The van der Waals surface area contributed by atoms with Gasteiger partial charge in [0.25, 0.3) is 5.91 Å². The third-order valence-corrected chi connectivity index (χ3v) is 5.99. The summed E-state index contributed by atoms with van der Waals surface area (Å²) in [6, 6.07) is 0. The van der Waals surface area contributed by atoms with Gasteiger partial charge in [0.2, 0.25) is 5.91 Å². The number of nitrogens with zero attached hydrogens (tertiary/aromatic N) is 4. The predicted molar refractivity (Wildman–Crippen MR) is 108 cm³/mol. The molecule has 3 saturated heterocycles. The van der Waals surface area contributed by atoms with Crippen LogP contribution in [0.25, 0.3) is 0 Å². The van der Waals surface area contributed by atoms with Gasteiger partial charge in [-0.2, -0.15) is 0 Å². The van der Waals surface area contributed by atoms with Crippen molar-refractivity contribution in [3.05, 3.63) is 0 Å². The highest BCUT2D eigenvalue weighted by Gasteiger charge is 2.31. The minimum atomic E-state index is -0.227. The molecule has 3 heterocycles. The van der Waals surface area contributed by atoms with Crippen molar-refractivity contribution >= 4 is 17.8 Å². The minimum Gasteiger partial charge on any atom is -0.368 e. The van der Waals surface area contributed by atoms with E-state index < -0.39 is 0 Å². The Morgan fingerprint density at radius 1 is 1.00 bits per heavy atom. The Labute approximate surface area is 168 Å². The van der Waals surface area contributed by atoms with Gasteiger partial charge in [-0.25, -0.2) is 0 Å². The Hall–Kier alpha value is -1.83. The lowest BCUT2D eigenvalue weighted by Crippen LogP contribution is -2.55. The molecule has 1 unspecified atom stereocenters. The lowest BCUT2D eigenvalue weighted by atomic mass is 9.97. The number of carbonyl (C=O) groups is 2. The molecule has 0 aromatic rings. The Kier molecular flexibility index (Phi) is 7.53. The van der Waals surface area contributed by atoms with Crippen molar-refractivity contribution in [3.63, 3.8) is 0 Å². The molecule has 3 aliphatic heterocycles. The van der Waals surface area contributed by atoms with E-state index in [-0.39, 0.29) is 17.9 Å². The SMILES string of the molecule is CCNC(=NCC1CCN(C(C)=O)CC1)N1CCN(C(=O)C2CCCO2)CC1. The number of piperazine rings is 1. The van der Waals surface area contributed by atoms with Gasteiger partial charge < -0.3 is 24.8 Å². The maximum absolute atomic E-state index is 12.5. The summed E-state index contributed by atoms with van der Waals surface area (Å²) < 4.78 is 5.54. The molecule has 0 saturated carbocycles. The van der Waals surface area contributed by atoms with Gasteiger partial charge >= 0.3 is 0 Å². The second-order valence-corrected chi connectivity index (χ2v) is 7.96. The Bertz CT molecular complexity index is 560. The molecule has 0 radical (unpaired) electrons. The monoisotopic (exact) mass is 393 g/mol. The molecule has 158 valence electrons. The van der Waals surface area contributed by atoms with E-state index in [0.29, 0.717) is 12.5 Å². The van der Waals surface area contributed by atoms with E-state index in [4.69, 9.17) is 9.73 Å². The molecule has 0 aliphatic carbocycles. The maximum Gasteiger partial charge on any atom is 0.251 e. The highest BCUT2D eigenvalue weighted by molar-refractivity contribution is 5.83. The fourth-order valence-corrected chi connectivity index (χ4v) is 4.19. The number of hydrogen-bond acceptors (Lipinski definition) is 4. The van der Waals surface area contributed by atoms with E-state index in [1.807, 2.05) is 9.80 Å². The molecule has 3 rings (SSSR count). The second-order valence-electron chi connectivity index (χ2n) is 7.96. The van der Waals surface area contributed by atoms with Crippen LogP contribution in [0.3, 0.4) is 0 Å². The smallest absolute Gasteiger partial charge is 0.251 e. The normalized spacial score (nSPS) is 24.6. The topological polar surface area (TPSA) is 77.5 Å². The molecular formula is C20H35N5O3. The number of ether oxygens (including phenoxy) is 1. The Balaban J connectivity index is 1.48. The first kappa shape index (κ1) is 20.9. The summed E-state index contributed by atoms with van der Waals surface area (Å²) in [4.78, 5) is 35.0. The van der Waals surface area contributed by atoms with Crippen molar-refractivity contribution in [2.75, 3.05) is 59.0 Å². The minimum absolute atomic E-state index is 0.149. The zero-order valence-electron chi connectivity index (χ0n) is 17.4. The van der Waals surface area contributed by atoms with E-state index in [0.717, 1.165) is 84.0 Å². The highest BCUT2D eigenvalue weighted by Crippen LogP contribution is 2.18. The highest BCUT2D eigenvalue weighted by atomic mass is 16.5. The van der Waals surface area contributed by atoms with E-state index in [9.17, 15) is 9.59 Å². The summed E-state index contributed by atoms with van der Waals surface area (Å²) in [6.45, 7) is 10.8. The largest absolute Gasteiger partial charge is 0.368 e. The standard InChI is InChI=1S/C20H35N5O3/c1-3-21-20(22-15-17-6-8-23(9-7-17)16(2)26)25-12-10-24(11-13-25)19(27)18-5-4-14-28-18/h17-18H,3-15H2,1-2H3,(H,21,22). The molecule has 1 N–H and O–H groups in total. The van der Waals surface area contributed by atoms with Gasteiger partial charge in [-0.15, -0.1) is 0 Å². The lowest BCUT2D eigenvalue weighted by Gasteiger charge is -2.37. The van der Waals surface area contributed by atoms with Crippen molar-refractivity contribution in [3.8, 4) is 0 Å². The van der Waals surface area contributed by atoms with Crippen LogP contribution in [-0.2, 0) is 14.3 Å². The average Bonchev–Trinajstić information content (AvgIpc) is 3.26. The van der Waals surface area contributed by atoms with Crippen LogP contribution in [0.2, 0.25) is 0 Å². The predicted octanol–water partition coefficient (Wildman–Crippen LogP) is 0.534. The number of rotatable bonds is 4. The summed E-state index contributed by atoms with van der Waals surface area (Å²) in [5.74, 6) is 1.80. The van der Waals surface area contributed by atoms with Crippen molar-refractivity contribution in [1.29, 1.82) is 0 Å². The second kappa shape index (κ2) is 10.1. The number of hydrogen-bond donors (Lipinski definition) is 1. The van der Waals surface area contributed by atoms with Crippen molar-refractivity contribution in [1.82, 2.24) is 20.0 Å². The number of piperidine rings is 1. The first-order valence-electron chi connectivity index (χ1n) is 10.8. The molecule has 2 amide bonds. The number of aliphatic imine (C=N–C) groups is 1. The van der Waals surface area contributed by atoms with Crippen molar-refractivity contribution < 1.29 is 14.3 Å². The molecular weight excluding hydrogens is 358 g/mol. The van der Waals surface area contributed by atoms with E-state index >= 15 is 0 Å². The number of guanidine groups is 1. The molecule has 0 bridgehead atoms. The van der Waals surface area contributed by atoms with E-state index in [2.05, 4.69) is 17.1 Å². The zero-order chi connectivity index (χ0) is 19.9. The van der Waals surface area contributed by atoms with Gasteiger partial charge in [-0.1, -0.05) is 0 Å². The van der Waals surface area contributed by atoms with Crippen LogP contribution < -0.4 is 5.32 Å². The van der Waals surface area contributed by atoms with Crippen LogP contribution in [0.15, 0.2) is 4.99 Å². The Morgan fingerprint density at radius 2 is 1.68 bits per heavy atom. The molecule has 8 nitrogen and oxygen atoms in total. The lowest BCUT2D eigenvalue weighted by molar-refractivity contribution is -0.142. The number of carbonyl (C=O) groups excluding carboxylic acids is 2. The summed E-state index contributed by atoms with van der Waals surface area (Å²) in [6.07, 6.45) is 3.65. The van der Waals surface area contributed by atoms with Gasteiger partial charge in [0.1, 0.15) is 6.10 Å². The van der Waals surface area contributed by atoms with E-state index in [1.165, 1.54) is 0 Å². The van der Waals surface area contributed by atoms with E-state index in [1.54, 1.807) is 6.92 Å². The first-order valence-corrected chi connectivity index (χ1v) is 10.8. The van der Waals surface area contributed by atoms with Crippen LogP contribution in [0.4, 0.5) is 0 Å². The number of nitrogens with one attached hydrogen (secondary N) is 1. The fraction of sp³-hybridized carbons (Fsp3) is 0.850. The van der Waals surface area contributed by atoms with Crippen LogP contribution in [0.1, 0.15) is 39.5 Å². The molecule has 0 aromatic heterocycles. The average molecular weight is 394 g/mol. The summed E-state index contributed by atoms with van der Waals surface area (Å²) in [5, 5.41) is 3.40. The molecule has 8 heteroatoms. The zero-order valence-corrected chi connectivity index (χ0v) is 17.4. The number of amides is 2. The molecule has 28 heavy (non-hydrogen) atoms. The van der Waals surface area contributed by atoms with Crippen LogP contribution in [0.5, 0.6) is 0 Å². The first-order chi connectivity index (χ1) is 13.6. The fourth-order valence-electron chi connectivity index (χ4n) is 4.19. The summed E-state index contributed by atoms with van der Waals surface area (Å²) in [7, 11) is 0. The maximum atomic E-state index is 12.5. The quantitative estimate of drug-likeness (QED) is 0.557. The van der Waals surface area contributed by atoms with Crippen LogP contribution in [-0.4, -0.2) is 97.5 Å². The van der Waals surface area contributed by atoms with Gasteiger partial charge in [-0.05, 0) is 38.5 Å². The van der Waals surface area contributed by atoms with Crippen LogP contribution >= 0.6 is 0 Å². The third-order valence-electron chi connectivity index (χ3n) is 5.99. The summed E-state index contributed by atoms with van der Waals surface area (Å²) >= 11 is 0. The number of likely N-dealkylation sites (tertiary alicyclic amines) is 1. The molecule has 1 atom stereocenters. The van der Waals surface area contributed by atoms with Gasteiger partial charge in [0.15, 0.2) is 5.96 Å². The van der Waals surface area contributed by atoms with Gasteiger partial charge in [0, 0.05) is 65.9 Å². The van der Waals surface area contributed by atoms with Crippen molar-refractivity contribution in [2.24, 2.45) is 10.9 Å². The molecule has 0 spiro atoms. The molecule has 3 aliphatic rings. The third kappa shape index (κ3) is 5.37.